The van der Waals surface area contributed by atoms with Crippen molar-refractivity contribution in [2.45, 2.75) is 0 Å². The molecule has 2 heterocycles. The highest BCUT2D eigenvalue weighted by molar-refractivity contribution is 9.10. The Labute approximate surface area is 272 Å². The Morgan fingerprint density at radius 1 is 0.364 bits per heavy atom. The molecule has 6 aromatic carbocycles. The molecule has 0 radical (unpaired) electrons. The van der Waals surface area contributed by atoms with Crippen LogP contribution in [0.2, 0.25) is 0 Å². The van der Waals surface area contributed by atoms with Gasteiger partial charge in [-0.2, -0.15) is 0 Å². The molecule has 2 nitrogen and oxygen atoms in total. The van der Waals surface area contributed by atoms with Crippen molar-refractivity contribution in [2.75, 3.05) is 0 Å². The summed E-state index contributed by atoms with van der Waals surface area (Å²) in [6.45, 7) is 0. The van der Waals surface area contributed by atoms with Gasteiger partial charge < -0.3 is 9.13 Å². The SMILES string of the molecule is Brc1ccc2c3c(n(-c4ccccc4)c2c1)-c1ccccc1-c1c(c2ccc(Br)cc2n1-c1ccccc1)-c1ccccc1-3. The van der Waals surface area contributed by atoms with Crippen LogP contribution in [0.15, 0.2) is 155 Å². The number of hydrogen-bond donors (Lipinski definition) is 0. The van der Waals surface area contributed by atoms with Crippen LogP contribution in [0.1, 0.15) is 0 Å². The standard InChI is InChI=1S/C40H24Br2N2/c41-25-19-21-33-35(23-25)43(27-11-3-1-4-12-27)39-31-17-9-10-18-32(31)40-38(30-16-8-7-15-29(30)37(33)39)34-22-20-26(42)24-36(34)44(40)28-13-5-2-6-14-28/h1-24H. The first-order valence-corrected chi connectivity index (χ1v) is 16.3. The van der Waals surface area contributed by atoms with Crippen LogP contribution >= 0.6 is 31.9 Å². The van der Waals surface area contributed by atoms with Crippen LogP contribution < -0.4 is 0 Å². The molecule has 0 amide bonds. The lowest BCUT2D eigenvalue weighted by Crippen LogP contribution is -2.03. The Balaban J connectivity index is 1.56. The molecule has 0 aliphatic heterocycles. The molecule has 9 rings (SSSR count). The lowest BCUT2D eigenvalue weighted by atomic mass is 9.84. The Bertz CT molecular complexity index is 2230. The minimum atomic E-state index is 1.06. The number of hydrogen-bond acceptors (Lipinski definition) is 0. The van der Waals surface area contributed by atoms with Gasteiger partial charge in [-0.15, -0.1) is 0 Å². The number of para-hydroxylation sites is 2. The maximum Gasteiger partial charge on any atom is 0.0626 e. The van der Waals surface area contributed by atoms with E-state index in [0.717, 1.165) is 20.3 Å². The van der Waals surface area contributed by atoms with E-state index < -0.39 is 0 Å². The molecule has 4 heteroatoms. The molecule has 8 aromatic rings. The molecule has 1 aliphatic carbocycles. The van der Waals surface area contributed by atoms with Gasteiger partial charge in [0.15, 0.2) is 0 Å². The van der Waals surface area contributed by atoms with Crippen LogP contribution in [0.25, 0.3) is 77.9 Å². The minimum absolute atomic E-state index is 1.06. The second kappa shape index (κ2) is 9.95. The fraction of sp³-hybridized carbons (Fsp3) is 0. The number of rotatable bonds is 2. The quantitative estimate of drug-likeness (QED) is 0.171. The number of fused-ring (bicyclic) bond motifs is 12. The summed E-state index contributed by atoms with van der Waals surface area (Å²) in [5.41, 5.74) is 14.4. The van der Waals surface area contributed by atoms with Crippen molar-refractivity contribution in [1.82, 2.24) is 9.13 Å². The van der Waals surface area contributed by atoms with Crippen molar-refractivity contribution >= 4 is 53.7 Å². The predicted octanol–water partition coefficient (Wildman–Crippen LogP) is 12.1. The van der Waals surface area contributed by atoms with E-state index in [-0.39, 0.29) is 0 Å². The molecule has 0 spiro atoms. The largest absolute Gasteiger partial charge is 0.309 e. The molecule has 2 aromatic heterocycles. The fourth-order valence-corrected chi connectivity index (χ4v) is 7.78. The van der Waals surface area contributed by atoms with Gasteiger partial charge >= 0.3 is 0 Å². The first-order chi connectivity index (χ1) is 21.7. The topological polar surface area (TPSA) is 9.86 Å². The van der Waals surface area contributed by atoms with Crippen LogP contribution in [0, 0.1) is 0 Å². The number of nitrogens with zero attached hydrogens (tertiary/aromatic N) is 2. The zero-order valence-corrected chi connectivity index (χ0v) is 26.7. The zero-order valence-electron chi connectivity index (χ0n) is 23.5. The summed E-state index contributed by atoms with van der Waals surface area (Å²) < 4.78 is 7.01. The second-order valence-corrected chi connectivity index (χ2v) is 13.0. The van der Waals surface area contributed by atoms with E-state index in [4.69, 9.17) is 0 Å². The normalized spacial score (nSPS) is 11.9. The first-order valence-electron chi connectivity index (χ1n) is 14.7. The average molecular weight is 692 g/mol. The highest BCUT2D eigenvalue weighted by atomic mass is 79.9. The fourth-order valence-electron chi connectivity index (χ4n) is 7.08. The summed E-state index contributed by atoms with van der Waals surface area (Å²) >= 11 is 7.58. The maximum absolute atomic E-state index is 3.79. The molecule has 44 heavy (non-hydrogen) atoms. The van der Waals surface area contributed by atoms with Crippen molar-refractivity contribution in [3.63, 3.8) is 0 Å². The van der Waals surface area contributed by atoms with E-state index in [1.165, 1.54) is 66.6 Å². The van der Waals surface area contributed by atoms with Gasteiger partial charge in [0.2, 0.25) is 0 Å². The van der Waals surface area contributed by atoms with Gasteiger partial charge in [0.05, 0.1) is 22.4 Å². The third kappa shape index (κ3) is 3.71. The van der Waals surface area contributed by atoms with Gasteiger partial charge in [-0.1, -0.05) is 129 Å². The molecule has 0 bridgehead atoms. The van der Waals surface area contributed by atoms with Crippen LogP contribution in [-0.2, 0) is 0 Å². The highest BCUT2D eigenvalue weighted by Gasteiger charge is 2.32. The average Bonchev–Trinajstić information content (AvgIpc) is 3.57. The third-order valence-corrected chi connectivity index (χ3v) is 9.78. The molecule has 0 unspecified atom stereocenters. The van der Waals surface area contributed by atoms with Gasteiger partial charge in [-0.05, 0) is 59.7 Å². The van der Waals surface area contributed by atoms with Crippen molar-refractivity contribution < 1.29 is 0 Å². The van der Waals surface area contributed by atoms with Crippen molar-refractivity contribution in [2.24, 2.45) is 0 Å². The minimum Gasteiger partial charge on any atom is -0.309 e. The monoisotopic (exact) mass is 690 g/mol. The molecule has 1 aliphatic rings. The lowest BCUT2D eigenvalue weighted by Gasteiger charge is -2.23. The van der Waals surface area contributed by atoms with Gasteiger partial charge in [-0.25, -0.2) is 0 Å². The van der Waals surface area contributed by atoms with Crippen LogP contribution in [0.5, 0.6) is 0 Å². The number of aromatic nitrogens is 2. The Kier molecular flexibility index (Phi) is 5.84. The summed E-state index contributed by atoms with van der Waals surface area (Å²) in [5, 5.41) is 2.46. The van der Waals surface area contributed by atoms with E-state index in [9.17, 15) is 0 Å². The number of benzene rings is 6. The smallest absolute Gasteiger partial charge is 0.0626 e. The third-order valence-electron chi connectivity index (χ3n) is 8.79. The van der Waals surface area contributed by atoms with Gasteiger partial charge in [0, 0.05) is 53.3 Å². The predicted molar refractivity (Wildman–Crippen MR) is 191 cm³/mol. The van der Waals surface area contributed by atoms with Gasteiger partial charge in [0.25, 0.3) is 0 Å². The van der Waals surface area contributed by atoms with E-state index in [0.29, 0.717) is 0 Å². The van der Waals surface area contributed by atoms with Crippen LogP contribution in [0.3, 0.4) is 0 Å². The highest BCUT2D eigenvalue weighted by Crippen LogP contribution is 2.54. The van der Waals surface area contributed by atoms with Crippen LogP contribution in [0.4, 0.5) is 0 Å². The Morgan fingerprint density at radius 2 is 0.727 bits per heavy atom. The van der Waals surface area contributed by atoms with Crippen molar-refractivity contribution in [3.05, 3.63) is 155 Å². The van der Waals surface area contributed by atoms with E-state index in [1.54, 1.807) is 0 Å². The molecular weight excluding hydrogens is 668 g/mol. The molecule has 208 valence electrons. The van der Waals surface area contributed by atoms with Gasteiger partial charge in [0.1, 0.15) is 0 Å². The van der Waals surface area contributed by atoms with Crippen molar-refractivity contribution in [1.29, 1.82) is 0 Å². The van der Waals surface area contributed by atoms with Gasteiger partial charge in [-0.3, -0.25) is 0 Å². The second-order valence-electron chi connectivity index (χ2n) is 11.2. The summed E-state index contributed by atoms with van der Waals surface area (Å²) in [5.74, 6) is 0. The Hall–Kier alpha value is -4.64. The first kappa shape index (κ1) is 25.8. The molecule has 0 fully saturated rings. The lowest BCUT2D eigenvalue weighted by molar-refractivity contribution is 1.12. The maximum atomic E-state index is 3.79. The van der Waals surface area contributed by atoms with E-state index in [1.807, 2.05) is 0 Å². The van der Waals surface area contributed by atoms with Crippen molar-refractivity contribution in [3.8, 4) is 56.1 Å². The van der Waals surface area contributed by atoms with Crippen LogP contribution in [-0.4, -0.2) is 9.13 Å². The molecular formula is C40H24Br2N2. The number of halogens is 2. The van der Waals surface area contributed by atoms with E-state index >= 15 is 0 Å². The molecule has 0 atom stereocenters. The Morgan fingerprint density at radius 3 is 1.14 bits per heavy atom. The molecule has 0 saturated heterocycles. The van der Waals surface area contributed by atoms with E-state index in [2.05, 4.69) is 187 Å². The summed E-state index contributed by atoms with van der Waals surface area (Å²) in [7, 11) is 0. The summed E-state index contributed by atoms with van der Waals surface area (Å²) in [6.07, 6.45) is 0. The molecule has 0 N–H and O–H groups in total. The molecule has 0 saturated carbocycles. The zero-order chi connectivity index (χ0) is 29.4. The summed E-state index contributed by atoms with van der Waals surface area (Å²) in [4.78, 5) is 0. The summed E-state index contributed by atoms with van der Waals surface area (Å²) in [6, 6.07) is 52.7.